The fourth-order valence-electron chi connectivity index (χ4n) is 2.95. The lowest BCUT2D eigenvalue weighted by Crippen LogP contribution is -2.54. The van der Waals surface area contributed by atoms with Crippen molar-refractivity contribution in [3.63, 3.8) is 0 Å². The van der Waals surface area contributed by atoms with E-state index in [4.69, 9.17) is 10.5 Å². The predicted molar refractivity (Wildman–Crippen MR) is 83.3 cm³/mol. The Kier molecular flexibility index (Phi) is 6.02. The second kappa shape index (κ2) is 7.78. The molecule has 2 fully saturated rings. The fourth-order valence-corrected chi connectivity index (χ4v) is 2.95. The first-order chi connectivity index (χ1) is 10.5. The number of hydrogen-bond donors (Lipinski definition) is 2. The van der Waals surface area contributed by atoms with Gasteiger partial charge in [0, 0.05) is 19.1 Å². The molecule has 0 saturated carbocycles. The largest absolute Gasteiger partial charge is 0.367 e. The maximum absolute atomic E-state index is 12.2. The third kappa shape index (κ3) is 4.58. The number of ether oxygens (including phenoxy) is 1. The van der Waals surface area contributed by atoms with Gasteiger partial charge in [0.15, 0.2) is 6.10 Å². The van der Waals surface area contributed by atoms with Crippen LogP contribution in [0.15, 0.2) is 0 Å². The molecule has 0 bridgehead atoms. The van der Waals surface area contributed by atoms with Gasteiger partial charge in [0.1, 0.15) is 0 Å². The molecule has 0 radical (unpaired) electrons. The summed E-state index contributed by atoms with van der Waals surface area (Å²) in [7, 11) is 0. The number of nitrogens with one attached hydrogen (secondary N) is 1. The summed E-state index contributed by atoms with van der Waals surface area (Å²) in [5, 5.41) is 2.96. The Labute approximate surface area is 132 Å². The van der Waals surface area contributed by atoms with E-state index in [-0.39, 0.29) is 12.6 Å². The van der Waals surface area contributed by atoms with Crippen molar-refractivity contribution in [2.75, 3.05) is 39.3 Å². The summed E-state index contributed by atoms with van der Waals surface area (Å²) in [6.45, 7) is 8.31. The molecular weight excluding hydrogens is 284 g/mol. The first-order valence-electron chi connectivity index (χ1n) is 8.15. The molecule has 2 saturated heterocycles. The van der Waals surface area contributed by atoms with Crippen LogP contribution in [0.2, 0.25) is 0 Å². The predicted octanol–water partition coefficient (Wildman–Crippen LogP) is 0.00250. The van der Waals surface area contributed by atoms with Crippen LogP contribution in [0.4, 0.5) is 4.79 Å². The highest BCUT2D eigenvalue weighted by atomic mass is 16.5. The van der Waals surface area contributed by atoms with E-state index < -0.39 is 12.0 Å². The van der Waals surface area contributed by atoms with E-state index >= 15 is 0 Å². The second-order valence-electron chi connectivity index (χ2n) is 6.46. The molecule has 0 aromatic rings. The molecule has 2 aliphatic rings. The Morgan fingerprint density at radius 1 is 1.32 bits per heavy atom. The molecule has 2 aliphatic heterocycles. The number of piperidine rings is 1. The van der Waals surface area contributed by atoms with Crippen molar-refractivity contribution in [2.24, 2.45) is 11.7 Å². The number of carbonyl (C=O) groups is 2. The summed E-state index contributed by atoms with van der Waals surface area (Å²) in [5.74, 6) is 0.283. The lowest BCUT2D eigenvalue weighted by atomic mass is 9.98. The van der Waals surface area contributed by atoms with Crippen LogP contribution in [0.5, 0.6) is 0 Å². The number of carbonyl (C=O) groups excluding carboxylic acids is 2. The Morgan fingerprint density at radius 3 is 2.64 bits per heavy atom. The van der Waals surface area contributed by atoms with E-state index in [1.807, 2.05) is 0 Å². The van der Waals surface area contributed by atoms with Gasteiger partial charge in [-0.25, -0.2) is 4.79 Å². The van der Waals surface area contributed by atoms with Crippen LogP contribution < -0.4 is 11.1 Å². The van der Waals surface area contributed by atoms with Crippen molar-refractivity contribution < 1.29 is 14.3 Å². The number of likely N-dealkylation sites (tertiary alicyclic amines) is 1. The number of urea groups is 1. The van der Waals surface area contributed by atoms with Crippen LogP contribution in [0.25, 0.3) is 0 Å². The summed E-state index contributed by atoms with van der Waals surface area (Å²) in [4.78, 5) is 27.4. The van der Waals surface area contributed by atoms with Gasteiger partial charge >= 0.3 is 6.03 Å². The minimum atomic E-state index is -0.694. The molecule has 126 valence electrons. The zero-order valence-corrected chi connectivity index (χ0v) is 13.6. The average molecular weight is 312 g/mol. The highest BCUT2D eigenvalue weighted by molar-refractivity contribution is 5.81. The first kappa shape index (κ1) is 17.0. The van der Waals surface area contributed by atoms with Gasteiger partial charge in [-0.3, -0.25) is 9.69 Å². The lowest BCUT2D eigenvalue weighted by Gasteiger charge is -2.36. The van der Waals surface area contributed by atoms with Gasteiger partial charge < -0.3 is 20.7 Å². The number of rotatable bonds is 4. The van der Waals surface area contributed by atoms with Gasteiger partial charge in [-0.1, -0.05) is 6.92 Å². The van der Waals surface area contributed by atoms with Crippen LogP contribution in [0, 0.1) is 5.92 Å². The molecule has 2 rings (SSSR count). The minimum absolute atomic E-state index is 0.147. The molecule has 2 atom stereocenters. The smallest absolute Gasteiger partial charge is 0.317 e. The van der Waals surface area contributed by atoms with Crippen molar-refractivity contribution in [1.29, 1.82) is 0 Å². The molecule has 2 unspecified atom stereocenters. The Balaban J connectivity index is 1.73. The Hall–Kier alpha value is -1.34. The van der Waals surface area contributed by atoms with Gasteiger partial charge in [-0.15, -0.1) is 0 Å². The number of hydrogen-bond acceptors (Lipinski definition) is 4. The number of nitrogens with zero attached hydrogens (tertiary/aromatic N) is 2. The zero-order valence-electron chi connectivity index (χ0n) is 13.6. The van der Waals surface area contributed by atoms with Crippen LogP contribution in [0.3, 0.4) is 0 Å². The van der Waals surface area contributed by atoms with Gasteiger partial charge in [0.2, 0.25) is 5.91 Å². The van der Waals surface area contributed by atoms with E-state index in [9.17, 15) is 9.59 Å². The van der Waals surface area contributed by atoms with Gasteiger partial charge in [-0.05, 0) is 38.8 Å². The van der Waals surface area contributed by atoms with Crippen molar-refractivity contribution in [3.05, 3.63) is 0 Å². The summed E-state index contributed by atoms with van der Waals surface area (Å²) in [6.07, 6.45) is 1.75. The monoisotopic (exact) mass is 312 g/mol. The second-order valence-corrected chi connectivity index (χ2v) is 6.46. The standard InChI is InChI=1S/C15H28N4O3/c1-11-3-5-18(6-4-11)12(2)9-17-15(21)19-7-8-22-13(10-19)14(16)20/h11-13H,3-10H2,1-2H3,(H2,16,20)(H,17,21). The quantitative estimate of drug-likeness (QED) is 0.765. The molecule has 7 heteroatoms. The lowest BCUT2D eigenvalue weighted by molar-refractivity contribution is -0.133. The fraction of sp³-hybridized carbons (Fsp3) is 0.867. The molecule has 3 amide bonds. The summed E-state index contributed by atoms with van der Waals surface area (Å²) in [5.41, 5.74) is 5.23. The average Bonchev–Trinajstić information content (AvgIpc) is 2.53. The molecule has 0 aromatic carbocycles. The van der Waals surface area contributed by atoms with Gasteiger partial charge in [0.25, 0.3) is 0 Å². The number of morpholine rings is 1. The van der Waals surface area contributed by atoms with Gasteiger partial charge in [-0.2, -0.15) is 0 Å². The normalized spacial score (nSPS) is 25.7. The number of amides is 3. The van der Waals surface area contributed by atoms with Crippen LogP contribution in [-0.4, -0.2) is 73.2 Å². The van der Waals surface area contributed by atoms with Crippen molar-refractivity contribution in [3.8, 4) is 0 Å². The van der Waals surface area contributed by atoms with E-state index in [0.29, 0.717) is 25.7 Å². The molecule has 0 aromatic heterocycles. The maximum atomic E-state index is 12.2. The summed E-state index contributed by atoms with van der Waals surface area (Å²) >= 11 is 0. The van der Waals surface area contributed by atoms with Crippen LogP contribution in [-0.2, 0) is 9.53 Å². The summed E-state index contributed by atoms with van der Waals surface area (Å²) < 4.78 is 5.25. The molecule has 22 heavy (non-hydrogen) atoms. The molecular formula is C15H28N4O3. The molecule has 0 spiro atoms. The highest BCUT2D eigenvalue weighted by Gasteiger charge is 2.28. The molecule has 7 nitrogen and oxygen atoms in total. The maximum Gasteiger partial charge on any atom is 0.317 e. The van der Waals surface area contributed by atoms with E-state index in [1.165, 1.54) is 12.8 Å². The Morgan fingerprint density at radius 2 is 2.00 bits per heavy atom. The zero-order chi connectivity index (χ0) is 16.1. The van der Waals surface area contributed by atoms with Crippen molar-refractivity contribution in [1.82, 2.24) is 15.1 Å². The number of nitrogens with two attached hydrogens (primary N) is 1. The van der Waals surface area contributed by atoms with Crippen molar-refractivity contribution in [2.45, 2.75) is 38.8 Å². The van der Waals surface area contributed by atoms with Crippen LogP contribution >= 0.6 is 0 Å². The topological polar surface area (TPSA) is 87.9 Å². The molecule has 3 N–H and O–H groups in total. The SMILES string of the molecule is CC1CCN(C(C)CNC(=O)N2CCOC(C(N)=O)C2)CC1. The third-order valence-electron chi connectivity index (χ3n) is 4.66. The van der Waals surface area contributed by atoms with E-state index in [0.717, 1.165) is 19.0 Å². The number of primary amides is 1. The first-order valence-corrected chi connectivity index (χ1v) is 8.15. The summed E-state index contributed by atoms with van der Waals surface area (Å²) in [6, 6.07) is 0.177. The van der Waals surface area contributed by atoms with E-state index in [2.05, 4.69) is 24.1 Å². The van der Waals surface area contributed by atoms with E-state index in [1.54, 1.807) is 4.90 Å². The van der Waals surface area contributed by atoms with Crippen molar-refractivity contribution >= 4 is 11.9 Å². The molecule has 2 heterocycles. The Bertz CT molecular complexity index is 396. The third-order valence-corrected chi connectivity index (χ3v) is 4.66. The minimum Gasteiger partial charge on any atom is -0.367 e. The molecule has 0 aliphatic carbocycles. The highest BCUT2D eigenvalue weighted by Crippen LogP contribution is 2.17. The van der Waals surface area contributed by atoms with Gasteiger partial charge in [0.05, 0.1) is 13.2 Å². The van der Waals surface area contributed by atoms with Crippen LogP contribution in [0.1, 0.15) is 26.7 Å².